The van der Waals surface area contributed by atoms with Gasteiger partial charge in [-0.3, -0.25) is 19.2 Å². The molecule has 1 amide bonds. The van der Waals surface area contributed by atoms with Crippen LogP contribution in [-0.4, -0.2) is 57.9 Å². The third-order valence-electron chi connectivity index (χ3n) is 11.1. The number of aliphatic carboxylic acids is 1. The van der Waals surface area contributed by atoms with Crippen molar-refractivity contribution in [3.63, 3.8) is 0 Å². The van der Waals surface area contributed by atoms with Gasteiger partial charge in [0.05, 0.1) is 24.5 Å². The van der Waals surface area contributed by atoms with Crippen LogP contribution in [0.15, 0.2) is 42.0 Å². The number of aliphatic hydroxyl groups excluding tert-OH is 1. The monoisotopic (exact) mass is 594 g/mol. The van der Waals surface area contributed by atoms with Gasteiger partial charge in [0, 0.05) is 18.3 Å². The third kappa shape index (κ3) is 5.44. The standard InChI is InChI=1S/C33H41NO9/c1-31-14-12-21(35)16-20(31)8-9-22-23-13-15-33(42,32(23,2)17-24(36)28(22)31)25(37)18-43-27(39)11-10-26(38)34-29(30(40)41)19-6-4-3-5-7-19/h3-7,16,22-24,28-29,36,42H,8-15,17-18H2,1-2H3,(H,34,38)(H,40,41)/p-1/t22-,23-,24-,28+,29-,31-,32+,33-/m1/s1. The first-order valence-electron chi connectivity index (χ1n) is 15.2. The zero-order valence-corrected chi connectivity index (χ0v) is 24.7. The number of nitrogens with one attached hydrogen (secondary N) is 1. The fraction of sp³-hybridized carbons (Fsp3) is 0.606. The Morgan fingerprint density at radius 2 is 1.79 bits per heavy atom. The summed E-state index contributed by atoms with van der Waals surface area (Å²) < 4.78 is 5.16. The molecule has 43 heavy (non-hydrogen) atoms. The second-order valence-corrected chi connectivity index (χ2v) is 13.3. The van der Waals surface area contributed by atoms with Crippen molar-refractivity contribution in [2.24, 2.45) is 28.6 Å². The molecule has 4 aliphatic carbocycles. The Labute approximate surface area is 250 Å². The zero-order chi connectivity index (χ0) is 31.2. The number of esters is 1. The highest BCUT2D eigenvalue weighted by atomic mass is 16.5. The normalized spacial score (nSPS) is 35.4. The number of carboxylic acid groups (broad SMARTS) is 1. The average molecular weight is 595 g/mol. The number of hydrogen-bond acceptors (Lipinski definition) is 9. The van der Waals surface area contributed by atoms with Gasteiger partial charge in [-0.1, -0.05) is 49.8 Å². The first-order valence-corrected chi connectivity index (χ1v) is 15.2. The van der Waals surface area contributed by atoms with Gasteiger partial charge in [0.2, 0.25) is 11.7 Å². The number of benzene rings is 1. The van der Waals surface area contributed by atoms with E-state index < -0.39 is 53.4 Å². The van der Waals surface area contributed by atoms with Crippen molar-refractivity contribution in [3.05, 3.63) is 47.5 Å². The van der Waals surface area contributed by atoms with Crippen LogP contribution in [0.4, 0.5) is 0 Å². The highest BCUT2D eigenvalue weighted by Crippen LogP contribution is 2.67. The summed E-state index contributed by atoms with van der Waals surface area (Å²) in [5, 5.41) is 37.2. The van der Waals surface area contributed by atoms with E-state index >= 15 is 0 Å². The number of ether oxygens (including phenoxy) is 1. The molecule has 3 N–H and O–H groups in total. The molecule has 0 aromatic heterocycles. The number of fused-ring (bicyclic) bond motifs is 5. The molecule has 1 aromatic carbocycles. The molecule has 4 aliphatic rings. The van der Waals surface area contributed by atoms with Gasteiger partial charge >= 0.3 is 5.97 Å². The van der Waals surface area contributed by atoms with E-state index in [2.05, 4.69) is 12.2 Å². The van der Waals surface area contributed by atoms with Crippen LogP contribution in [0.1, 0.15) is 83.2 Å². The Bertz CT molecular complexity index is 1340. The molecule has 0 unspecified atom stereocenters. The van der Waals surface area contributed by atoms with Gasteiger partial charge in [-0.25, -0.2) is 0 Å². The SMILES string of the molecule is C[C@]12C[C@@H](O)[C@@H]3[C@H](CCC4=CC(=O)CC[C@]43C)[C@H]1CC[C@@]2(O)C(=O)COC(=O)CCC(=O)N[C@@H](C(=O)[O-])c1ccccc1. The number of carbonyl (C=O) groups is 5. The number of aliphatic hydroxyl groups is 2. The Balaban J connectivity index is 1.18. The van der Waals surface area contributed by atoms with Crippen LogP contribution < -0.4 is 10.4 Å². The van der Waals surface area contributed by atoms with E-state index in [1.54, 1.807) is 24.3 Å². The van der Waals surface area contributed by atoms with Crippen LogP contribution in [0.3, 0.4) is 0 Å². The fourth-order valence-electron chi connectivity index (χ4n) is 8.86. The number of allylic oxidation sites excluding steroid dienone is 1. The van der Waals surface area contributed by atoms with E-state index in [-0.39, 0.29) is 54.6 Å². The predicted molar refractivity (Wildman–Crippen MR) is 151 cm³/mol. The quantitative estimate of drug-likeness (QED) is 0.360. The summed E-state index contributed by atoms with van der Waals surface area (Å²) in [6.07, 6.45) is 3.98. The lowest BCUT2D eigenvalue weighted by Crippen LogP contribution is -2.62. The summed E-state index contributed by atoms with van der Waals surface area (Å²) in [5.41, 5.74) is -1.54. The lowest BCUT2D eigenvalue weighted by Gasteiger charge is -2.60. The second kappa shape index (κ2) is 11.6. The molecule has 10 heteroatoms. The summed E-state index contributed by atoms with van der Waals surface area (Å²) in [7, 11) is 0. The topological polar surface area (TPSA) is 170 Å². The third-order valence-corrected chi connectivity index (χ3v) is 11.1. The van der Waals surface area contributed by atoms with Gasteiger partial charge in [0.15, 0.2) is 12.4 Å². The highest BCUT2D eigenvalue weighted by Gasteiger charge is 2.68. The largest absolute Gasteiger partial charge is 0.548 e. The minimum Gasteiger partial charge on any atom is -0.548 e. The zero-order valence-electron chi connectivity index (χ0n) is 24.7. The van der Waals surface area contributed by atoms with Gasteiger partial charge < -0.3 is 30.2 Å². The molecule has 0 saturated heterocycles. The number of hydrogen-bond donors (Lipinski definition) is 3. The average Bonchev–Trinajstić information content (AvgIpc) is 3.24. The predicted octanol–water partition coefficient (Wildman–Crippen LogP) is 1.72. The molecule has 8 atom stereocenters. The van der Waals surface area contributed by atoms with Gasteiger partial charge in [0.25, 0.3) is 0 Å². The lowest BCUT2D eigenvalue weighted by molar-refractivity contribution is -0.308. The smallest absolute Gasteiger partial charge is 0.306 e. The number of rotatable bonds is 9. The maximum atomic E-state index is 13.4. The van der Waals surface area contributed by atoms with Crippen molar-refractivity contribution in [1.82, 2.24) is 5.32 Å². The summed E-state index contributed by atoms with van der Waals surface area (Å²) in [5.74, 6) is -3.49. The van der Waals surface area contributed by atoms with Crippen molar-refractivity contribution in [2.45, 2.75) is 89.4 Å². The summed E-state index contributed by atoms with van der Waals surface area (Å²) in [6, 6.07) is 6.65. The van der Waals surface area contributed by atoms with E-state index in [4.69, 9.17) is 4.74 Å². The first-order chi connectivity index (χ1) is 20.3. The Hall–Kier alpha value is -3.37. The van der Waals surface area contributed by atoms with E-state index in [1.165, 1.54) is 12.1 Å². The minimum absolute atomic E-state index is 0.00784. The highest BCUT2D eigenvalue weighted by molar-refractivity contribution is 5.92. The van der Waals surface area contributed by atoms with Gasteiger partial charge in [-0.2, -0.15) is 0 Å². The van der Waals surface area contributed by atoms with Crippen LogP contribution in [0.2, 0.25) is 0 Å². The summed E-state index contributed by atoms with van der Waals surface area (Å²) in [4.78, 5) is 61.8. The fourth-order valence-corrected chi connectivity index (χ4v) is 8.86. The first kappa shape index (κ1) is 31.1. The van der Waals surface area contributed by atoms with Gasteiger partial charge in [-0.15, -0.1) is 0 Å². The number of ketones is 2. The number of carboxylic acids is 1. The van der Waals surface area contributed by atoms with Gasteiger partial charge in [0.1, 0.15) is 5.60 Å². The molecule has 0 aliphatic heterocycles. The van der Waals surface area contributed by atoms with Crippen molar-refractivity contribution in [3.8, 4) is 0 Å². The molecular weight excluding hydrogens is 554 g/mol. The molecule has 0 heterocycles. The Kier molecular flexibility index (Phi) is 8.39. The maximum absolute atomic E-state index is 13.4. The van der Waals surface area contributed by atoms with Crippen LogP contribution in [0.25, 0.3) is 0 Å². The molecule has 5 rings (SSSR count). The maximum Gasteiger partial charge on any atom is 0.306 e. The number of carbonyl (C=O) groups excluding carboxylic acids is 5. The van der Waals surface area contributed by atoms with Gasteiger partial charge in [-0.05, 0) is 73.3 Å². The molecule has 0 spiro atoms. The van der Waals surface area contributed by atoms with Crippen molar-refractivity contribution < 1.29 is 44.0 Å². The Morgan fingerprint density at radius 3 is 2.49 bits per heavy atom. The Morgan fingerprint density at radius 1 is 1.07 bits per heavy atom. The van der Waals surface area contributed by atoms with Crippen molar-refractivity contribution in [2.75, 3.05) is 6.61 Å². The van der Waals surface area contributed by atoms with E-state index in [0.29, 0.717) is 24.8 Å². The van der Waals surface area contributed by atoms with Crippen LogP contribution in [0, 0.1) is 28.6 Å². The number of amides is 1. The molecule has 10 nitrogen and oxygen atoms in total. The van der Waals surface area contributed by atoms with E-state index in [0.717, 1.165) is 18.4 Å². The minimum atomic E-state index is -1.78. The summed E-state index contributed by atoms with van der Waals surface area (Å²) >= 11 is 0. The second-order valence-electron chi connectivity index (χ2n) is 13.3. The number of Topliss-reactive ketones (excluding diaryl/α,β-unsaturated/α-hetero) is 1. The van der Waals surface area contributed by atoms with Crippen LogP contribution in [0.5, 0.6) is 0 Å². The van der Waals surface area contributed by atoms with E-state index in [1.807, 2.05) is 6.92 Å². The molecule has 232 valence electrons. The molecule has 0 radical (unpaired) electrons. The van der Waals surface area contributed by atoms with Crippen molar-refractivity contribution in [1.29, 1.82) is 0 Å². The molecule has 3 saturated carbocycles. The van der Waals surface area contributed by atoms with Crippen molar-refractivity contribution >= 4 is 29.4 Å². The lowest BCUT2D eigenvalue weighted by atomic mass is 9.45. The molecule has 3 fully saturated rings. The molecule has 1 aromatic rings. The van der Waals surface area contributed by atoms with Crippen LogP contribution >= 0.6 is 0 Å². The molecule has 0 bridgehead atoms. The van der Waals surface area contributed by atoms with E-state index in [9.17, 15) is 39.3 Å². The molecular formula is C33H40NO9-. The summed E-state index contributed by atoms with van der Waals surface area (Å²) in [6.45, 7) is 3.33. The van der Waals surface area contributed by atoms with Crippen LogP contribution in [-0.2, 0) is 28.7 Å².